The third-order valence-electron chi connectivity index (χ3n) is 4.96. The maximum atomic E-state index is 6.35. The predicted octanol–water partition coefficient (Wildman–Crippen LogP) is 6.06. The van der Waals surface area contributed by atoms with Crippen LogP contribution in [0.4, 0.5) is 5.69 Å². The molecule has 5 nitrogen and oxygen atoms in total. The maximum Gasteiger partial charge on any atom is 0.247 e. The van der Waals surface area contributed by atoms with Crippen molar-refractivity contribution in [2.45, 2.75) is 22.0 Å². The summed E-state index contributed by atoms with van der Waals surface area (Å²) in [5, 5.41) is 12.9. The number of ether oxygens (including phenoxy) is 1. The van der Waals surface area contributed by atoms with Crippen LogP contribution in [0.25, 0.3) is 11.3 Å². The summed E-state index contributed by atoms with van der Waals surface area (Å²) in [7, 11) is 0. The zero-order valence-corrected chi connectivity index (χ0v) is 18.5. The first-order valence-corrected chi connectivity index (χ1v) is 12.1. The quantitative estimate of drug-likeness (QED) is 0.376. The number of hydrogen-bond donors (Lipinski definition) is 1. The van der Waals surface area contributed by atoms with E-state index in [1.807, 2.05) is 42.5 Å². The van der Waals surface area contributed by atoms with Gasteiger partial charge in [-0.15, -0.1) is 22.0 Å². The molecule has 0 unspecified atom stereocenters. The van der Waals surface area contributed by atoms with Crippen molar-refractivity contribution in [3.8, 4) is 17.1 Å². The number of nitrogens with zero attached hydrogens (tertiary/aromatic N) is 3. The van der Waals surface area contributed by atoms with E-state index in [0.29, 0.717) is 16.7 Å². The Morgan fingerprint density at radius 2 is 1.68 bits per heavy atom. The molecule has 0 fully saturated rings. The average Bonchev–Trinajstić information content (AvgIpc) is 3.00. The lowest BCUT2D eigenvalue weighted by Gasteiger charge is -2.19. The van der Waals surface area contributed by atoms with Gasteiger partial charge in [0.25, 0.3) is 0 Å². The molecule has 1 aliphatic heterocycles. The van der Waals surface area contributed by atoms with Crippen LogP contribution in [0.2, 0.25) is 0 Å². The third-order valence-corrected chi connectivity index (χ3v) is 6.62. The number of fused-ring (bicyclic) bond motifs is 3. The van der Waals surface area contributed by atoms with Crippen LogP contribution in [-0.2, 0) is 5.75 Å². The van der Waals surface area contributed by atoms with Gasteiger partial charge in [-0.1, -0.05) is 72.4 Å². The molecule has 5 rings (SSSR count). The molecule has 0 aliphatic carbocycles. The van der Waals surface area contributed by atoms with E-state index in [9.17, 15) is 0 Å². The zero-order chi connectivity index (χ0) is 21.0. The standard InChI is InChI=1S/C24H20N4OS2/c1-30-18-13-11-17(12-14-18)22-25-20-10-6-5-9-19(20)21-23(29-22)26-24(28-27-21)31-15-16-7-3-2-4-8-16/h2-14,22,25H,15H2,1H3/t22-/m0/s1. The molecule has 2 heterocycles. The molecular formula is C24H20N4OS2. The zero-order valence-electron chi connectivity index (χ0n) is 16.9. The average molecular weight is 445 g/mol. The second-order valence-electron chi connectivity index (χ2n) is 6.98. The monoisotopic (exact) mass is 444 g/mol. The fraction of sp³-hybridized carbons (Fsp3) is 0.125. The molecule has 1 N–H and O–H groups in total. The van der Waals surface area contributed by atoms with Crippen LogP contribution in [0.5, 0.6) is 5.88 Å². The highest BCUT2D eigenvalue weighted by molar-refractivity contribution is 7.98. The van der Waals surface area contributed by atoms with Crippen molar-refractivity contribution in [3.63, 3.8) is 0 Å². The van der Waals surface area contributed by atoms with Gasteiger partial charge in [0.1, 0.15) is 0 Å². The van der Waals surface area contributed by atoms with Crippen LogP contribution in [0.15, 0.2) is 88.9 Å². The molecule has 31 heavy (non-hydrogen) atoms. The molecule has 0 saturated heterocycles. The van der Waals surface area contributed by atoms with Gasteiger partial charge in [0.05, 0.1) is 0 Å². The van der Waals surface area contributed by atoms with Crippen molar-refractivity contribution < 1.29 is 4.74 Å². The minimum atomic E-state index is -0.373. The van der Waals surface area contributed by atoms with E-state index in [2.05, 4.69) is 58.2 Å². The molecule has 154 valence electrons. The minimum absolute atomic E-state index is 0.373. The van der Waals surface area contributed by atoms with E-state index in [1.165, 1.54) is 10.5 Å². The summed E-state index contributed by atoms with van der Waals surface area (Å²) in [6.45, 7) is 0. The highest BCUT2D eigenvalue weighted by Gasteiger charge is 2.26. The molecule has 0 amide bonds. The van der Waals surface area contributed by atoms with Gasteiger partial charge in [0.2, 0.25) is 11.0 Å². The van der Waals surface area contributed by atoms with E-state index < -0.39 is 0 Å². The van der Waals surface area contributed by atoms with Gasteiger partial charge in [0, 0.05) is 27.5 Å². The number of nitrogens with one attached hydrogen (secondary N) is 1. The number of para-hydroxylation sites is 1. The second kappa shape index (κ2) is 8.99. The summed E-state index contributed by atoms with van der Waals surface area (Å²) in [6.07, 6.45) is 1.70. The van der Waals surface area contributed by atoms with Gasteiger partial charge in [-0.25, -0.2) is 0 Å². The lowest BCUT2D eigenvalue weighted by atomic mass is 10.1. The molecule has 0 radical (unpaired) electrons. The lowest BCUT2D eigenvalue weighted by Crippen LogP contribution is -2.17. The molecule has 1 aromatic heterocycles. The second-order valence-corrected chi connectivity index (χ2v) is 8.81. The number of aromatic nitrogens is 3. The Kier molecular flexibility index (Phi) is 5.78. The van der Waals surface area contributed by atoms with Crippen molar-refractivity contribution in [1.29, 1.82) is 0 Å². The van der Waals surface area contributed by atoms with Gasteiger partial charge in [-0.2, -0.15) is 4.98 Å². The van der Waals surface area contributed by atoms with Crippen LogP contribution in [0.3, 0.4) is 0 Å². The van der Waals surface area contributed by atoms with E-state index in [-0.39, 0.29) is 6.23 Å². The highest BCUT2D eigenvalue weighted by atomic mass is 32.2. The maximum absolute atomic E-state index is 6.35. The van der Waals surface area contributed by atoms with Gasteiger partial charge < -0.3 is 10.1 Å². The van der Waals surface area contributed by atoms with E-state index in [0.717, 1.165) is 22.6 Å². The predicted molar refractivity (Wildman–Crippen MR) is 126 cm³/mol. The van der Waals surface area contributed by atoms with Crippen molar-refractivity contribution in [1.82, 2.24) is 15.2 Å². The Hall–Kier alpha value is -3.03. The Balaban J connectivity index is 1.48. The van der Waals surface area contributed by atoms with Gasteiger partial charge in [-0.3, -0.25) is 0 Å². The number of thioether (sulfide) groups is 2. The smallest absolute Gasteiger partial charge is 0.247 e. The summed E-state index contributed by atoms with van der Waals surface area (Å²) < 4.78 is 6.35. The number of benzene rings is 3. The minimum Gasteiger partial charge on any atom is -0.448 e. The fourth-order valence-corrected chi connectivity index (χ4v) is 4.50. The Bertz CT molecular complexity index is 1190. The van der Waals surface area contributed by atoms with Crippen LogP contribution >= 0.6 is 23.5 Å². The SMILES string of the molecule is CSc1ccc([C@H]2Nc3ccccc3-c3nnc(SCc4ccccc4)nc3O2)cc1. The highest BCUT2D eigenvalue weighted by Crippen LogP contribution is 2.39. The van der Waals surface area contributed by atoms with Gasteiger partial charge >= 0.3 is 0 Å². The van der Waals surface area contributed by atoms with Gasteiger partial charge in [0.15, 0.2) is 11.9 Å². The Labute approximate surface area is 189 Å². The Morgan fingerprint density at radius 1 is 0.903 bits per heavy atom. The van der Waals surface area contributed by atoms with Crippen molar-refractivity contribution in [2.24, 2.45) is 0 Å². The van der Waals surface area contributed by atoms with Crippen molar-refractivity contribution in [2.75, 3.05) is 11.6 Å². The molecule has 1 atom stereocenters. The van der Waals surface area contributed by atoms with Crippen molar-refractivity contribution >= 4 is 29.2 Å². The summed E-state index contributed by atoms with van der Waals surface area (Å²) in [6, 6.07) is 26.6. The van der Waals surface area contributed by atoms with Crippen LogP contribution in [0.1, 0.15) is 17.4 Å². The van der Waals surface area contributed by atoms with E-state index >= 15 is 0 Å². The normalized spacial score (nSPS) is 14.5. The summed E-state index contributed by atoms with van der Waals surface area (Å²) in [5.41, 5.74) is 4.76. The number of anilines is 1. The molecule has 1 aliphatic rings. The van der Waals surface area contributed by atoms with Crippen LogP contribution in [-0.4, -0.2) is 21.4 Å². The van der Waals surface area contributed by atoms with Crippen LogP contribution in [0, 0.1) is 0 Å². The molecule has 7 heteroatoms. The van der Waals surface area contributed by atoms with Crippen molar-refractivity contribution in [3.05, 3.63) is 90.0 Å². The first-order valence-electron chi connectivity index (χ1n) is 9.88. The molecule has 0 bridgehead atoms. The topological polar surface area (TPSA) is 59.9 Å². The summed E-state index contributed by atoms with van der Waals surface area (Å²) >= 11 is 3.26. The molecule has 4 aromatic rings. The van der Waals surface area contributed by atoms with Crippen LogP contribution < -0.4 is 10.1 Å². The largest absolute Gasteiger partial charge is 0.448 e. The summed E-state index contributed by atoms with van der Waals surface area (Å²) in [4.78, 5) is 5.93. The van der Waals surface area contributed by atoms with Gasteiger partial charge in [-0.05, 0) is 30.0 Å². The van der Waals surface area contributed by atoms with E-state index in [1.54, 1.807) is 23.5 Å². The van der Waals surface area contributed by atoms with E-state index in [4.69, 9.17) is 9.72 Å². The lowest BCUT2D eigenvalue weighted by molar-refractivity contribution is 0.225. The first-order chi connectivity index (χ1) is 15.3. The summed E-state index contributed by atoms with van der Waals surface area (Å²) in [5.74, 6) is 1.26. The molecule has 3 aromatic carbocycles. The Morgan fingerprint density at radius 3 is 2.48 bits per heavy atom. The first kappa shape index (κ1) is 19.9. The number of hydrogen-bond acceptors (Lipinski definition) is 7. The number of rotatable bonds is 5. The molecule has 0 saturated carbocycles. The third kappa shape index (κ3) is 4.38. The molecular weight excluding hydrogens is 424 g/mol. The fourth-order valence-electron chi connectivity index (χ4n) is 3.36. The molecule has 0 spiro atoms.